The summed E-state index contributed by atoms with van der Waals surface area (Å²) in [7, 11) is 0. The van der Waals surface area contributed by atoms with E-state index in [2.05, 4.69) is 6.58 Å². The second-order valence-corrected chi connectivity index (χ2v) is 3.39. The van der Waals surface area contributed by atoms with Gasteiger partial charge in [0.1, 0.15) is 5.75 Å². The first-order valence-electron chi connectivity index (χ1n) is 4.79. The average Bonchev–Trinajstić information content (AvgIpc) is 2.22. The number of phenolic OH excluding ortho intramolecular Hbond substituents is 1. The molecule has 0 aliphatic rings. The van der Waals surface area contributed by atoms with Gasteiger partial charge in [0.25, 0.3) is 0 Å². The van der Waals surface area contributed by atoms with Crippen molar-refractivity contribution in [3.63, 3.8) is 0 Å². The number of rotatable bonds is 3. The Kier molecular flexibility index (Phi) is 3.87. The molecule has 1 N–H and O–H groups in total. The van der Waals surface area contributed by atoms with E-state index in [4.69, 9.17) is 9.47 Å². The molecule has 0 fully saturated rings. The highest BCUT2D eigenvalue weighted by atomic mass is 16.5. The maximum atomic E-state index is 11.3. The number of hydrogen-bond acceptors (Lipinski definition) is 5. The first-order chi connectivity index (χ1) is 7.90. The van der Waals surface area contributed by atoms with Gasteiger partial charge in [0.05, 0.1) is 0 Å². The van der Waals surface area contributed by atoms with Crippen LogP contribution in [-0.4, -0.2) is 17.0 Å². The third-order valence-electron chi connectivity index (χ3n) is 1.74. The lowest BCUT2D eigenvalue weighted by Gasteiger charge is -2.08. The van der Waals surface area contributed by atoms with E-state index >= 15 is 0 Å². The fourth-order valence-corrected chi connectivity index (χ4v) is 0.993. The molecular formula is C12H12O5. The van der Waals surface area contributed by atoms with Crippen molar-refractivity contribution in [2.75, 3.05) is 0 Å². The molecule has 1 aromatic rings. The van der Waals surface area contributed by atoms with Crippen molar-refractivity contribution in [3.8, 4) is 17.2 Å². The van der Waals surface area contributed by atoms with Crippen LogP contribution in [0, 0.1) is 0 Å². The monoisotopic (exact) mass is 236 g/mol. The van der Waals surface area contributed by atoms with Crippen LogP contribution in [0.3, 0.4) is 0 Å². The third-order valence-corrected chi connectivity index (χ3v) is 1.74. The summed E-state index contributed by atoms with van der Waals surface area (Å²) in [6.45, 7) is 6.13. The van der Waals surface area contributed by atoms with Crippen molar-refractivity contribution >= 4 is 11.9 Å². The standard InChI is InChI=1S/C12H12O5/c1-7(2)12(15)17-11-6-9(16-8(3)13)4-5-10(11)14/h4-6,14H,1H2,2-3H3. The molecule has 1 rings (SSSR count). The van der Waals surface area contributed by atoms with Gasteiger partial charge >= 0.3 is 11.9 Å². The topological polar surface area (TPSA) is 72.8 Å². The van der Waals surface area contributed by atoms with Gasteiger partial charge in [-0.1, -0.05) is 6.58 Å². The number of hydrogen-bond donors (Lipinski definition) is 1. The van der Waals surface area contributed by atoms with Crippen molar-refractivity contribution < 1.29 is 24.2 Å². The molecule has 0 aromatic heterocycles. The number of carbonyl (C=O) groups is 2. The number of benzene rings is 1. The van der Waals surface area contributed by atoms with E-state index in [1.807, 2.05) is 0 Å². The van der Waals surface area contributed by atoms with E-state index in [1.54, 1.807) is 0 Å². The van der Waals surface area contributed by atoms with Gasteiger partial charge in [-0.05, 0) is 19.1 Å². The molecule has 0 unspecified atom stereocenters. The van der Waals surface area contributed by atoms with Gasteiger partial charge < -0.3 is 14.6 Å². The van der Waals surface area contributed by atoms with Crippen molar-refractivity contribution in [2.24, 2.45) is 0 Å². The van der Waals surface area contributed by atoms with Crippen LogP contribution in [0.1, 0.15) is 13.8 Å². The molecule has 90 valence electrons. The summed E-state index contributed by atoms with van der Waals surface area (Å²) in [5.74, 6) is -1.31. The molecule has 17 heavy (non-hydrogen) atoms. The molecule has 5 nitrogen and oxygen atoms in total. The molecule has 0 amide bonds. The van der Waals surface area contributed by atoms with Crippen LogP contribution in [-0.2, 0) is 9.59 Å². The molecule has 0 heterocycles. The van der Waals surface area contributed by atoms with Crippen LogP contribution in [0.5, 0.6) is 17.2 Å². The largest absolute Gasteiger partial charge is 0.504 e. The van der Waals surface area contributed by atoms with Crippen molar-refractivity contribution in [1.82, 2.24) is 0 Å². The number of esters is 2. The van der Waals surface area contributed by atoms with E-state index in [0.29, 0.717) is 0 Å². The molecule has 0 spiro atoms. The molecule has 0 aliphatic carbocycles. The fraction of sp³-hybridized carbons (Fsp3) is 0.167. The van der Waals surface area contributed by atoms with E-state index in [1.165, 1.54) is 32.0 Å². The number of phenols is 1. The van der Waals surface area contributed by atoms with Gasteiger partial charge in [0, 0.05) is 18.6 Å². The van der Waals surface area contributed by atoms with Gasteiger partial charge in [0.15, 0.2) is 11.5 Å². The molecule has 0 saturated heterocycles. The van der Waals surface area contributed by atoms with Crippen molar-refractivity contribution in [2.45, 2.75) is 13.8 Å². The molecule has 5 heteroatoms. The fourth-order valence-electron chi connectivity index (χ4n) is 0.993. The molecule has 0 atom stereocenters. The molecule has 1 aromatic carbocycles. The predicted molar refractivity (Wildman–Crippen MR) is 59.9 cm³/mol. The Bertz CT molecular complexity index is 476. The van der Waals surface area contributed by atoms with Crippen LogP contribution >= 0.6 is 0 Å². The summed E-state index contributed by atoms with van der Waals surface area (Å²) in [6.07, 6.45) is 0. The third kappa shape index (κ3) is 3.64. The van der Waals surface area contributed by atoms with E-state index < -0.39 is 11.9 Å². The number of carbonyl (C=O) groups excluding carboxylic acids is 2. The van der Waals surface area contributed by atoms with Crippen LogP contribution in [0.15, 0.2) is 30.4 Å². The first-order valence-corrected chi connectivity index (χ1v) is 4.79. The lowest BCUT2D eigenvalue weighted by Crippen LogP contribution is -2.08. The van der Waals surface area contributed by atoms with Gasteiger partial charge in [-0.15, -0.1) is 0 Å². The summed E-state index contributed by atoms with van der Waals surface area (Å²) in [5.41, 5.74) is 0.197. The van der Waals surface area contributed by atoms with E-state index in [0.717, 1.165) is 0 Å². The zero-order chi connectivity index (χ0) is 13.0. The quantitative estimate of drug-likeness (QED) is 0.492. The van der Waals surface area contributed by atoms with Crippen LogP contribution in [0.4, 0.5) is 0 Å². The second-order valence-electron chi connectivity index (χ2n) is 3.39. The molecule has 0 aliphatic heterocycles. The molecule has 0 radical (unpaired) electrons. The molecule has 0 bridgehead atoms. The van der Waals surface area contributed by atoms with Gasteiger partial charge in [0.2, 0.25) is 0 Å². The Morgan fingerprint density at radius 1 is 1.24 bits per heavy atom. The average molecular weight is 236 g/mol. The van der Waals surface area contributed by atoms with Crippen LogP contribution in [0.25, 0.3) is 0 Å². The molecular weight excluding hydrogens is 224 g/mol. The Balaban J connectivity index is 2.94. The Morgan fingerprint density at radius 2 is 1.88 bits per heavy atom. The predicted octanol–water partition coefficient (Wildman–Crippen LogP) is 1.80. The summed E-state index contributed by atoms with van der Waals surface area (Å²) in [6, 6.07) is 3.89. The molecule has 0 saturated carbocycles. The Labute approximate surface area is 98.3 Å². The van der Waals surface area contributed by atoms with Crippen molar-refractivity contribution in [1.29, 1.82) is 0 Å². The van der Waals surface area contributed by atoms with Gasteiger partial charge in [-0.3, -0.25) is 4.79 Å². The van der Waals surface area contributed by atoms with E-state index in [9.17, 15) is 14.7 Å². The highest BCUT2D eigenvalue weighted by molar-refractivity contribution is 5.89. The summed E-state index contributed by atoms with van der Waals surface area (Å²) >= 11 is 0. The maximum absolute atomic E-state index is 11.3. The van der Waals surface area contributed by atoms with E-state index in [-0.39, 0.29) is 22.8 Å². The summed E-state index contributed by atoms with van der Waals surface area (Å²) in [4.78, 5) is 22.0. The SMILES string of the molecule is C=C(C)C(=O)Oc1cc(OC(C)=O)ccc1O. The summed E-state index contributed by atoms with van der Waals surface area (Å²) in [5, 5.41) is 9.45. The van der Waals surface area contributed by atoms with Gasteiger partial charge in [-0.25, -0.2) is 4.79 Å². The highest BCUT2D eigenvalue weighted by Crippen LogP contribution is 2.30. The second kappa shape index (κ2) is 5.16. The number of ether oxygens (including phenoxy) is 2. The zero-order valence-corrected chi connectivity index (χ0v) is 9.52. The minimum absolute atomic E-state index is 0.0863. The summed E-state index contributed by atoms with van der Waals surface area (Å²) < 4.78 is 9.64. The highest BCUT2D eigenvalue weighted by Gasteiger charge is 2.11. The minimum Gasteiger partial charge on any atom is -0.504 e. The van der Waals surface area contributed by atoms with Crippen LogP contribution < -0.4 is 9.47 Å². The number of aromatic hydroxyl groups is 1. The maximum Gasteiger partial charge on any atom is 0.338 e. The lowest BCUT2D eigenvalue weighted by atomic mass is 10.3. The normalized spacial score (nSPS) is 9.53. The Morgan fingerprint density at radius 3 is 2.41 bits per heavy atom. The van der Waals surface area contributed by atoms with Crippen LogP contribution in [0.2, 0.25) is 0 Å². The Hall–Kier alpha value is -2.30. The van der Waals surface area contributed by atoms with Gasteiger partial charge in [-0.2, -0.15) is 0 Å². The smallest absolute Gasteiger partial charge is 0.338 e. The zero-order valence-electron chi connectivity index (χ0n) is 9.52. The lowest BCUT2D eigenvalue weighted by molar-refractivity contribution is -0.132. The van der Waals surface area contributed by atoms with Crippen molar-refractivity contribution in [3.05, 3.63) is 30.4 Å². The minimum atomic E-state index is -0.666. The first kappa shape index (κ1) is 12.8.